The maximum atomic E-state index is 13.8. The van der Waals surface area contributed by atoms with E-state index in [1.165, 1.54) is 23.9 Å². The molecule has 2 heterocycles. The predicted molar refractivity (Wildman–Crippen MR) is 122 cm³/mol. The second-order valence-corrected chi connectivity index (χ2v) is 8.28. The minimum atomic E-state index is -2.70. The van der Waals surface area contributed by atoms with Crippen LogP contribution in [-0.4, -0.2) is 24.3 Å². The molecule has 0 saturated heterocycles. The molecule has 0 fully saturated rings. The molecule has 33 heavy (non-hydrogen) atoms. The molecule has 0 atom stereocenters. The molecular weight excluding hydrogens is 447 g/mol. The van der Waals surface area contributed by atoms with Gasteiger partial charge in [-0.3, -0.25) is 9.13 Å². The van der Waals surface area contributed by atoms with Crippen molar-refractivity contribution in [2.24, 2.45) is 0 Å². The van der Waals surface area contributed by atoms with Crippen LogP contribution in [0.4, 0.5) is 13.2 Å². The zero-order valence-corrected chi connectivity index (χ0v) is 18.1. The van der Waals surface area contributed by atoms with Gasteiger partial charge in [-0.05, 0) is 42.0 Å². The first kappa shape index (κ1) is 21.3. The summed E-state index contributed by atoms with van der Waals surface area (Å²) in [4.78, 5) is 4.40. The molecule has 0 amide bonds. The second-order valence-electron chi connectivity index (χ2n) is 7.34. The average molecular weight is 466 g/mol. The maximum Gasteiger partial charge on any atom is 0.320 e. The summed E-state index contributed by atoms with van der Waals surface area (Å²) in [6, 6.07) is 22.6. The zero-order valence-electron chi connectivity index (χ0n) is 17.3. The quantitative estimate of drug-likeness (QED) is 0.270. The Hall–Kier alpha value is -3.59. The highest BCUT2D eigenvalue weighted by atomic mass is 32.2. The van der Waals surface area contributed by atoms with Crippen LogP contribution < -0.4 is 0 Å². The number of imidazole rings is 1. The minimum Gasteiger partial charge on any atom is -0.298 e. The lowest BCUT2D eigenvalue weighted by Crippen LogP contribution is -2.06. The molecule has 0 spiro atoms. The van der Waals surface area contributed by atoms with Crippen LogP contribution in [0, 0.1) is 5.82 Å². The van der Waals surface area contributed by atoms with Crippen LogP contribution in [0.15, 0.2) is 84.0 Å². The molecule has 2 aromatic heterocycles. The molecule has 3 aromatic carbocycles. The summed E-state index contributed by atoms with van der Waals surface area (Å²) in [5.74, 6) is 0.681. The van der Waals surface area contributed by atoms with Gasteiger partial charge in [-0.2, -0.15) is 8.78 Å². The minimum absolute atomic E-state index is 0.190. The largest absolute Gasteiger partial charge is 0.320 e. The highest BCUT2D eigenvalue weighted by Gasteiger charge is 2.20. The van der Waals surface area contributed by atoms with Gasteiger partial charge in [0.05, 0.1) is 23.3 Å². The van der Waals surface area contributed by atoms with E-state index >= 15 is 0 Å². The number of hydrogen-bond acceptors (Lipinski definition) is 4. The maximum absolute atomic E-state index is 13.8. The van der Waals surface area contributed by atoms with Gasteiger partial charge in [0, 0.05) is 5.56 Å². The standard InChI is InChI=1S/C24H18F3N5S/c25-18-12-10-17(11-13-18)22-29-30-24(31(22)14-16-6-2-1-3-7-16)33-15-21-28-19-8-4-5-9-20(19)32(21)23(26)27/h1-13,23H,14-15H2. The zero-order chi connectivity index (χ0) is 22.8. The van der Waals surface area contributed by atoms with Gasteiger partial charge < -0.3 is 0 Å². The van der Waals surface area contributed by atoms with Gasteiger partial charge in [-0.15, -0.1) is 10.2 Å². The SMILES string of the molecule is Fc1ccc(-c2nnc(SCc3nc4ccccc4n3C(F)F)n2Cc2ccccc2)cc1. The molecule has 0 saturated carbocycles. The van der Waals surface area contributed by atoms with E-state index in [-0.39, 0.29) is 17.4 Å². The molecule has 0 aliphatic carbocycles. The summed E-state index contributed by atoms with van der Waals surface area (Å²) >= 11 is 1.28. The lowest BCUT2D eigenvalue weighted by Gasteiger charge is -2.11. The van der Waals surface area contributed by atoms with Crippen LogP contribution in [-0.2, 0) is 12.3 Å². The van der Waals surface area contributed by atoms with E-state index in [9.17, 15) is 13.2 Å². The van der Waals surface area contributed by atoms with E-state index in [0.29, 0.717) is 34.1 Å². The number of para-hydroxylation sites is 2. The number of rotatable bonds is 7. The van der Waals surface area contributed by atoms with Crippen molar-refractivity contribution in [3.05, 3.63) is 96.1 Å². The van der Waals surface area contributed by atoms with Crippen molar-refractivity contribution in [1.82, 2.24) is 24.3 Å². The first-order chi connectivity index (χ1) is 16.1. The third kappa shape index (κ3) is 4.36. The van der Waals surface area contributed by atoms with Crippen molar-refractivity contribution in [1.29, 1.82) is 0 Å². The molecule has 0 unspecified atom stereocenters. The summed E-state index contributed by atoms with van der Waals surface area (Å²) < 4.78 is 43.9. The molecule has 0 aliphatic heterocycles. The highest BCUT2D eigenvalue weighted by Crippen LogP contribution is 2.30. The molecule has 5 rings (SSSR count). The van der Waals surface area contributed by atoms with Gasteiger partial charge in [0.2, 0.25) is 0 Å². The smallest absolute Gasteiger partial charge is 0.298 e. The van der Waals surface area contributed by atoms with Crippen molar-refractivity contribution in [3.63, 3.8) is 0 Å². The van der Waals surface area contributed by atoms with Crippen molar-refractivity contribution in [2.75, 3.05) is 0 Å². The fourth-order valence-corrected chi connectivity index (χ4v) is 4.53. The number of nitrogens with zero attached hydrogens (tertiary/aromatic N) is 5. The lowest BCUT2D eigenvalue weighted by atomic mass is 10.2. The van der Waals surface area contributed by atoms with Crippen LogP contribution in [0.2, 0.25) is 0 Å². The van der Waals surface area contributed by atoms with Gasteiger partial charge in [0.15, 0.2) is 11.0 Å². The van der Waals surface area contributed by atoms with Crippen LogP contribution in [0.5, 0.6) is 0 Å². The van der Waals surface area contributed by atoms with E-state index in [0.717, 1.165) is 10.1 Å². The molecule has 0 aliphatic rings. The van der Waals surface area contributed by atoms with Crippen molar-refractivity contribution < 1.29 is 13.2 Å². The summed E-state index contributed by atoms with van der Waals surface area (Å²) in [5.41, 5.74) is 2.65. The van der Waals surface area contributed by atoms with Gasteiger partial charge in [-0.1, -0.05) is 54.2 Å². The third-order valence-electron chi connectivity index (χ3n) is 5.20. The number of fused-ring (bicyclic) bond motifs is 1. The molecule has 0 radical (unpaired) electrons. The number of halogens is 3. The van der Waals surface area contributed by atoms with Crippen LogP contribution in [0.3, 0.4) is 0 Å². The molecular formula is C24H18F3N5S. The molecule has 0 bridgehead atoms. The van der Waals surface area contributed by atoms with Gasteiger partial charge >= 0.3 is 6.55 Å². The molecule has 9 heteroatoms. The van der Waals surface area contributed by atoms with E-state index < -0.39 is 6.55 Å². The Kier molecular flexibility index (Phi) is 5.87. The Labute approximate surface area is 191 Å². The second kappa shape index (κ2) is 9.11. The van der Waals surface area contributed by atoms with Gasteiger partial charge in [-0.25, -0.2) is 9.37 Å². The summed E-state index contributed by atoms with van der Waals surface area (Å²) in [6.45, 7) is -2.22. The Morgan fingerprint density at radius 2 is 1.58 bits per heavy atom. The highest BCUT2D eigenvalue weighted by molar-refractivity contribution is 7.98. The van der Waals surface area contributed by atoms with Gasteiger partial charge in [0.25, 0.3) is 0 Å². The number of benzene rings is 3. The Balaban J connectivity index is 1.50. The van der Waals surface area contributed by atoms with Crippen molar-refractivity contribution in [3.8, 4) is 11.4 Å². The van der Waals surface area contributed by atoms with E-state index in [4.69, 9.17) is 0 Å². The number of aromatic nitrogens is 5. The van der Waals surface area contributed by atoms with Crippen molar-refractivity contribution in [2.45, 2.75) is 24.0 Å². The molecule has 166 valence electrons. The van der Waals surface area contributed by atoms with Crippen LogP contribution >= 0.6 is 11.8 Å². The number of alkyl halides is 2. The Bertz CT molecular complexity index is 1380. The fourth-order valence-electron chi connectivity index (χ4n) is 3.66. The van der Waals surface area contributed by atoms with Gasteiger partial charge in [0.1, 0.15) is 11.6 Å². The summed E-state index contributed by atoms with van der Waals surface area (Å²) in [6.07, 6.45) is 0. The average Bonchev–Trinajstić information content (AvgIpc) is 3.40. The van der Waals surface area contributed by atoms with Crippen molar-refractivity contribution >= 4 is 22.8 Å². The third-order valence-corrected chi connectivity index (χ3v) is 6.16. The Morgan fingerprint density at radius 1 is 0.848 bits per heavy atom. The molecule has 5 aromatic rings. The summed E-state index contributed by atoms with van der Waals surface area (Å²) in [7, 11) is 0. The lowest BCUT2D eigenvalue weighted by molar-refractivity contribution is 0.0722. The molecule has 0 N–H and O–H groups in total. The monoisotopic (exact) mass is 465 g/mol. The van der Waals surface area contributed by atoms with Crippen LogP contribution in [0.1, 0.15) is 17.9 Å². The van der Waals surface area contributed by atoms with Crippen LogP contribution in [0.25, 0.3) is 22.4 Å². The summed E-state index contributed by atoms with van der Waals surface area (Å²) in [5, 5.41) is 9.19. The normalized spacial score (nSPS) is 11.5. The fraction of sp³-hybridized carbons (Fsp3) is 0.125. The Morgan fingerprint density at radius 3 is 2.33 bits per heavy atom. The number of thioether (sulfide) groups is 1. The van der Waals surface area contributed by atoms with E-state index in [1.54, 1.807) is 36.4 Å². The first-order valence-corrected chi connectivity index (χ1v) is 11.2. The van der Waals surface area contributed by atoms with E-state index in [2.05, 4.69) is 15.2 Å². The molecule has 5 nitrogen and oxygen atoms in total. The first-order valence-electron chi connectivity index (χ1n) is 10.2. The van der Waals surface area contributed by atoms with E-state index in [1.807, 2.05) is 34.9 Å². The topological polar surface area (TPSA) is 48.5 Å². The predicted octanol–water partition coefficient (Wildman–Crippen LogP) is 6.17. The number of hydrogen-bond donors (Lipinski definition) is 0.